The lowest BCUT2D eigenvalue weighted by molar-refractivity contribution is -0.115. The third-order valence-corrected chi connectivity index (χ3v) is 6.87. The first kappa shape index (κ1) is 25.4. The fourth-order valence-corrected chi connectivity index (χ4v) is 4.56. The molecule has 0 aliphatic heterocycles. The molecule has 0 bridgehead atoms. The number of nitrogens with one attached hydrogen (secondary N) is 1. The first-order valence-electron chi connectivity index (χ1n) is 10.4. The second-order valence-electron chi connectivity index (χ2n) is 7.68. The van der Waals surface area contributed by atoms with E-state index in [4.69, 9.17) is 28.9 Å². The average Bonchev–Trinajstić information content (AvgIpc) is 2.81. The number of thioether (sulfide) groups is 1. The SMILES string of the molecule is CC(C)c1ccc(-c2c(C#N)c(N)nc(SCCC(=O)Nc3cccc(Cl)c3Cl)c2C#N)cc1. The van der Waals surface area contributed by atoms with Gasteiger partial charge in [-0.1, -0.05) is 67.4 Å². The van der Waals surface area contributed by atoms with Crippen molar-refractivity contribution in [2.24, 2.45) is 0 Å². The number of hydrogen-bond acceptors (Lipinski definition) is 6. The van der Waals surface area contributed by atoms with E-state index in [1.165, 1.54) is 11.8 Å². The Kier molecular flexibility index (Phi) is 8.41. The molecule has 2 aromatic carbocycles. The third-order valence-electron chi connectivity index (χ3n) is 5.08. The molecule has 0 spiro atoms. The molecule has 34 heavy (non-hydrogen) atoms. The van der Waals surface area contributed by atoms with Gasteiger partial charge in [-0.25, -0.2) is 4.98 Å². The highest BCUT2D eigenvalue weighted by Gasteiger charge is 2.21. The van der Waals surface area contributed by atoms with Crippen molar-refractivity contribution < 1.29 is 4.79 Å². The van der Waals surface area contributed by atoms with Crippen LogP contribution in [0.5, 0.6) is 0 Å². The summed E-state index contributed by atoms with van der Waals surface area (Å²) in [5, 5.41) is 23.3. The summed E-state index contributed by atoms with van der Waals surface area (Å²) in [6, 6.07) is 16.9. The zero-order chi connectivity index (χ0) is 24.8. The van der Waals surface area contributed by atoms with Gasteiger partial charge in [-0.15, -0.1) is 11.8 Å². The normalized spacial score (nSPS) is 10.6. The van der Waals surface area contributed by atoms with Crippen molar-refractivity contribution in [2.45, 2.75) is 31.2 Å². The van der Waals surface area contributed by atoms with Crippen LogP contribution in [-0.2, 0) is 4.79 Å². The minimum absolute atomic E-state index is 0.0436. The quantitative estimate of drug-likeness (QED) is 0.345. The molecule has 0 aliphatic carbocycles. The first-order valence-corrected chi connectivity index (χ1v) is 12.1. The predicted molar refractivity (Wildman–Crippen MR) is 138 cm³/mol. The molecule has 0 saturated heterocycles. The fourth-order valence-electron chi connectivity index (χ4n) is 3.28. The van der Waals surface area contributed by atoms with Crippen LogP contribution < -0.4 is 11.1 Å². The lowest BCUT2D eigenvalue weighted by Gasteiger charge is -2.14. The standard InChI is InChI=1S/C25H21Cl2N5OS/c1-14(2)15-6-8-16(9-7-15)22-17(12-28)24(30)32-25(18(22)13-29)34-11-10-21(33)31-20-5-3-4-19(26)23(20)27/h3-9,14H,10-11H2,1-2H3,(H2,30,32)(H,31,33). The van der Waals surface area contributed by atoms with Gasteiger partial charge in [-0.05, 0) is 29.2 Å². The number of nitriles is 2. The number of pyridine rings is 1. The summed E-state index contributed by atoms with van der Waals surface area (Å²) in [5.74, 6) is 0.466. The van der Waals surface area contributed by atoms with Crippen LogP contribution in [0.3, 0.4) is 0 Å². The largest absolute Gasteiger partial charge is 0.383 e. The van der Waals surface area contributed by atoms with Crippen LogP contribution in [0, 0.1) is 22.7 Å². The number of aromatic nitrogens is 1. The number of anilines is 2. The van der Waals surface area contributed by atoms with E-state index in [-0.39, 0.29) is 34.3 Å². The van der Waals surface area contributed by atoms with E-state index < -0.39 is 0 Å². The number of nitrogens with two attached hydrogens (primary N) is 1. The molecular weight excluding hydrogens is 489 g/mol. The summed E-state index contributed by atoms with van der Waals surface area (Å²) in [6.07, 6.45) is 0.137. The molecule has 3 rings (SSSR count). The number of nitrogens with zero attached hydrogens (tertiary/aromatic N) is 3. The van der Waals surface area contributed by atoms with Crippen molar-refractivity contribution in [3.8, 4) is 23.3 Å². The molecule has 0 atom stereocenters. The van der Waals surface area contributed by atoms with E-state index in [0.29, 0.717) is 38.5 Å². The van der Waals surface area contributed by atoms with Gasteiger partial charge in [-0.2, -0.15) is 10.5 Å². The molecule has 1 amide bonds. The second-order valence-corrected chi connectivity index (χ2v) is 9.54. The molecule has 6 nitrogen and oxygen atoms in total. The van der Waals surface area contributed by atoms with E-state index in [1.54, 1.807) is 18.2 Å². The topological polar surface area (TPSA) is 116 Å². The van der Waals surface area contributed by atoms with E-state index in [0.717, 1.165) is 5.56 Å². The molecule has 3 N–H and O–H groups in total. The minimum atomic E-state index is -0.263. The number of benzene rings is 2. The van der Waals surface area contributed by atoms with Gasteiger partial charge in [0.25, 0.3) is 0 Å². The summed E-state index contributed by atoms with van der Waals surface area (Å²) < 4.78 is 0. The van der Waals surface area contributed by atoms with E-state index in [1.807, 2.05) is 24.3 Å². The van der Waals surface area contributed by atoms with Gasteiger partial charge in [-0.3, -0.25) is 4.79 Å². The zero-order valence-electron chi connectivity index (χ0n) is 18.5. The van der Waals surface area contributed by atoms with Gasteiger partial charge in [0.1, 0.15) is 28.5 Å². The zero-order valence-corrected chi connectivity index (χ0v) is 20.9. The molecule has 1 heterocycles. The number of halogens is 2. The Hall–Kier alpha value is -3.23. The summed E-state index contributed by atoms with van der Waals surface area (Å²) in [4.78, 5) is 16.7. The lowest BCUT2D eigenvalue weighted by atomic mass is 9.94. The van der Waals surface area contributed by atoms with Crippen LogP contribution >= 0.6 is 35.0 Å². The number of nitrogen functional groups attached to an aromatic ring is 1. The fraction of sp³-hybridized carbons (Fsp3) is 0.200. The summed E-state index contributed by atoms with van der Waals surface area (Å²) in [6.45, 7) is 4.18. The minimum Gasteiger partial charge on any atom is -0.383 e. The van der Waals surface area contributed by atoms with Crippen LogP contribution in [0.2, 0.25) is 10.0 Å². The molecular formula is C25H21Cl2N5OS. The smallest absolute Gasteiger partial charge is 0.225 e. The van der Waals surface area contributed by atoms with Gasteiger partial charge >= 0.3 is 0 Å². The van der Waals surface area contributed by atoms with Crippen LogP contribution in [0.1, 0.15) is 42.9 Å². The number of carbonyl (C=O) groups excluding carboxylic acids is 1. The molecule has 172 valence electrons. The molecule has 0 unspecified atom stereocenters. The Morgan fingerprint density at radius 3 is 2.41 bits per heavy atom. The molecule has 1 aromatic heterocycles. The Bertz CT molecular complexity index is 1310. The average molecular weight is 510 g/mol. The Balaban J connectivity index is 1.83. The number of carbonyl (C=O) groups is 1. The van der Waals surface area contributed by atoms with Gasteiger partial charge in [0.15, 0.2) is 0 Å². The number of amides is 1. The van der Waals surface area contributed by atoms with Crippen molar-refractivity contribution in [3.63, 3.8) is 0 Å². The van der Waals surface area contributed by atoms with Crippen molar-refractivity contribution in [1.82, 2.24) is 4.98 Å². The van der Waals surface area contributed by atoms with Gasteiger partial charge < -0.3 is 11.1 Å². The Morgan fingerprint density at radius 2 is 1.79 bits per heavy atom. The number of rotatable bonds is 7. The van der Waals surface area contributed by atoms with Crippen molar-refractivity contribution in [1.29, 1.82) is 10.5 Å². The highest BCUT2D eigenvalue weighted by atomic mass is 35.5. The molecule has 0 radical (unpaired) electrons. The van der Waals surface area contributed by atoms with Crippen LogP contribution in [0.25, 0.3) is 11.1 Å². The van der Waals surface area contributed by atoms with E-state index in [9.17, 15) is 15.3 Å². The van der Waals surface area contributed by atoms with E-state index >= 15 is 0 Å². The van der Waals surface area contributed by atoms with Crippen molar-refractivity contribution in [2.75, 3.05) is 16.8 Å². The lowest BCUT2D eigenvalue weighted by Crippen LogP contribution is -2.12. The monoisotopic (exact) mass is 509 g/mol. The Morgan fingerprint density at radius 1 is 1.12 bits per heavy atom. The highest BCUT2D eigenvalue weighted by Crippen LogP contribution is 2.36. The molecule has 0 saturated carbocycles. The van der Waals surface area contributed by atoms with Crippen LogP contribution in [-0.4, -0.2) is 16.6 Å². The van der Waals surface area contributed by atoms with Gasteiger partial charge in [0, 0.05) is 17.7 Å². The summed E-state index contributed by atoms with van der Waals surface area (Å²) in [5.41, 5.74) is 9.22. The molecule has 9 heteroatoms. The van der Waals surface area contributed by atoms with Crippen molar-refractivity contribution >= 4 is 52.4 Å². The second kappa shape index (κ2) is 11.3. The summed E-state index contributed by atoms with van der Waals surface area (Å²) >= 11 is 13.3. The number of hydrogen-bond donors (Lipinski definition) is 2. The molecule has 3 aromatic rings. The predicted octanol–water partition coefficient (Wildman–Crippen LogP) is 6.63. The highest BCUT2D eigenvalue weighted by molar-refractivity contribution is 7.99. The maximum atomic E-state index is 12.4. The van der Waals surface area contributed by atoms with E-state index in [2.05, 4.69) is 36.3 Å². The van der Waals surface area contributed by atoms with Gasteiger partial charge in [0.2, 0.25) is 5.91 Å². The van der Waals surface area contributed by atoms with Crippen molar-refractivity contribution in [3.05, 3.63) is 69.2 Å². The van der Waals surface area contributed by atoms with Gasteiger partial charge in [0.05, 0.1) is 21.3 Å². The van der Waals surface area contributed by atoms with Crippen LogP contribution in [0.15, 0.2) is 47.5 Å². The first-order chi connectivity index (χ1) is 16.3. The maximum Gasteiger partial charge on any atom is 0.225 e. The summed E-state index contributed by atoms with van der Waals surface area (Å²) in [7, 11) is 0. The maximum absolute atomic E-state index is 12.4. The third kappa shape index (κ3) is 5.63. The van der Waals surface area contributed by atoms with Crippen LogP contribution in [0.4, 0.5) is 11.5 Å². The molecule has 0 fully saturated rings. The Labute approximate surface area is 212 Å². The molecule has 0 aliphatic rings.